The summed E-state index contributed by atoms with van der Waals surface area (Å²) in [5, 5.41) is 1.29. The number of hydrogen-bond donors (Lipinski definition) is 0. The maximum atomic E-state index is 13.2. The summed E-state index contributed by atoms with van der Waals surface area (Å²) in [7, 11) is -0.637. The van der Waals surface area contributed by atoms with Crippen LogP contribution in [0.2, 0.25) is 0 Å². The van der Waals surface area contributed by atoms with Gasteiger partial charge in [-0.05, 0) is 54.5 Å². The molecule has 1 unspecified atom stereocenters. The molecule has 2 aromatic rings. The number of benzene rings is 2. The fourth-order valence-corrected chi connectivity index (χ4v) is 5.40. The summed E-state index contributed by atoms with van der Waals surface area (Å²) in [6, 6.07) is 14.0. The maximum Gasteiger partial charge on any atom is 0.364 e. The lowest BCUT2D eigenvalue weighted by Crippen LogP contribution is -2.24. The summed E-state index contributed by atoms with van der Waals surface area (Å²) in [4.78, 5) is 0. The van der Waals surface area contributed by atoms with Crippen LogP contribution in [0, 0.1) is 5.92 Å². The molecule has 152 valence electrons. The molecule has 1 aliphatic carbocycles. The molecule has 1 atom stereocenters. The average molecular weight is 467 g/mol. The standard InChI is InChI=1S/C22H28BrO4P/c1-16(18-6-4-5-7-18)27-21-13-12-20(14-22(21)28(24,25-2)26-3)19-10-8-17(15-23)9-11-19/h8-14,16,18H,4-7,15H2,1-3H3. The molecule has 1 fully saturated rings. The third-order valence-corrected chi connectivity index (χ3v) is 8.10. The molecule has 6 heteroatoms. The molecule has 0 radical (unpaired) electrons. The quantitative estimate of drug-likeness (QED) is 0.337. The van der Waals surface area contributed by atoms with Crippen LogP contribution in [0.15, 0.2) is 42.5 Å². The van der Waals surface area contributed by atoms with E-state index >= 15 is 0 Å². The van der Waals surface area contributed by atoms with E-state index in [0.29, 0.717) is 17.0 Å². The van der Waals surface area contributed by atoms with E-state index < -0.39 is 7.60 Å². The highest BCUT2D eigenvalue weighted by molar-refractivity contribution is 9.08. The molecule has 1 aliphatic rings. The monoisotopic (exact) mass is 466 g/mol. The first-order chi connectivity index (χ1) is 13.5. The summed E-state index contributed by atoms with van der Waals surface area (Å²) in [6.07, 6.45) is 4.93. The molecule has 0 aliphatic heterocycles. The van der Waals surface area contributed by atoms with Crippen LogP contribution in [0.5, 0.6) is 5.75 Å². The molecule has 2 aromatic carbocycles. The number of hydrogen-bond acceptors (Lipinski definition) is 4. The highest BCUT2D eigenvalue weighted by Gasteiger charge is 2.31. The van der Waals surface area contributed by atoms with Gasteiger partial charge in [0.2, 0.25) is 0 Å². The van der Waals surface area contributed by atoms with Gasteiger partial charge in [-0.3, -0.25) is 4.57 Å². The first kappa shape index (κ1) is 21.6. The predicted octanol–water partition coefficient (Wildman–Crippen LogP) is 6.32. The van der Waals surface area contributed by atoms with Gasteiger partial charge in [-0.25, -0.2) is 0 Å². The van der Waals surface area contributed by atoms with Crippen molar-refractivity contribution in [3.05, 3.63) is 48.0 Å². The minimum Gasteiger partial charge on any atom is -0.489 e. The van der Waals surface area contributed by atoms with E-state index in [0.717, 1.165) is 16.5 Å². The van der Waals surface area contributed by atoms with Crippen molar-refractivity contribution in [3.63, 3.8) is 0 Å². The van der Waals surface area contributed by atoms with Gasteiger partial charge in [0.1, 0.15) is 11.1 Å². The predicted molar refractivity (Wildman–Crippen MR) is 118 cm³/mol. The van der Waals surface area contributed by atoms with Gasteiger partial charge in [-0.1, -0.05) is 59.1 Å². The van der Waals surface area contributed by atoms with Gasteiger partial charge in [-0.2, -0.15) is 0 Å². The molecule has 0 amide bonds. The van der Waals surface area contributed by atoms with E-state index in [-0.39, 0.29) is 6.10 Å². The second kappa shape index (κ2) is 9.58. The van der Waals surface area contributed by atoms with E-state index in [1.54, 1.807) is 0 Å². The lowest BCUT2D eigenvalue weighted by molar-refractivity contribution is 0.155. The Morgan fingerprint density at radius 3 is 2.21 bits per heavy atom. The molecule has 3 rings (SSSR count). The van der Waals surface area contributed by atoms with Crippen LogP contribution in [0.1, 0.15) is 38.2 Å². The largest absolute Gasteiger partial charge is 0.489 e. The summed E-state index contributed by atoms with van der Waals surface area (Å²) in [5.74, 6) is 1.11. The first-order valence-electron chi connectivity index (χ1n) is 9.69. The Bertz CT molecular complexity index is 823. The molecular formula is C22H28BrO4P. The second-order valence-electron chi connectivity index (χ2n) is 7.24. The topological polar surface area (TPSA) is 44.8 Å². The third-order valence-electron chi connectivity index (χ3n) is 5.55. The van der Waals surface area contributed by atoms with Crippen LogP contribution in [0.3, 0.4) is 0 Å². The smallest absolute Gasteiger partial charge is 0.364 e. The average Bonchev–Trinajstić information content (AvgIpc) is 3.28. The van der Waals surface area contributed by atoms with Crippen molar-refractivity contribution in [2.75, 3.05) is 14.2 Å². The fraction of sp³-hybridized carbons (Fsp3) is 0.455. The number of halogens is 1. The van der Waals surface area contributed by atoms with Gasteiger partial charge in [0, 0.05) is 19.5 Å². The SMILES string of the molecule is COP(=O)(OC)c1cc(-c2ccc(CBr)cc2)ccc1OC(C)C1CCCC1. The Morgan fingerprint density at radius 1 is 1.04 bits per heavy atom. The van der Waals surface area contributed by atoms with Crippen molar-refractivity contribution in [2.45, 2.75) is 44.0 Å². The summed E-state index contributed by atoms with van der Waals surface area (Å²) in [6.45, 7) is 2.09. The molecule has 0 bridgehead atoms. The molecule has 28 heavy (non-hydrogen) atoms. The van der Waals surface area contributed by atoms with Crippen molar-refractivity contribution in [3.8, 4) is 16.9 Å². The van der Waals surface area contributed by atoms with Crippen molar-refractivity contribution < 1.29 is 18.3 Å². The summed E-state index contributed by atoms with van der Waals surface area (Å²) < 4.78 is 30.1. The molecule has 0 heterocycles. The van der Waals surface area contributed by atoms with E-state index in [2.05, 4.69) is 47.1 Å². The number of ether oxygens (including phenoxy) is 1. The molecule has 0 saturated heterocycles. The van der Waals surface area contributed by atoms with E-state index in [1.807, 2.05) is 18.2 Å². The molecule has 0 aromatic heterocycles. The van der Waals surface area contributed by atoms with Crippen LogP contribution in [0.25, 0.3) is 11.1 Å². The lowest BCUT2D eigenvalue weighted by Gasteiger charge is -2.24. The van der Waals surface area contributed by atoms with Crippen molar-refractivity contribution >= 4 is 28.8 Å². The zero-order chi connectivity index (χ0) is 20.1. The maximum absolute atomic E-state index is 13.2. The minimum absolute atomic E-state index is 0.0625. The number of alkyl halides is 1. The summed E-state index contributed by atoms with van der Waals surface area (Å²) in [5.41, 5.74) is 3.19. The van der Waals surface area contributed by atoms with E-state index in [1.165, 1.54) is 45.5 Å². The fourth-order valence-electron chi connectivity index (χ4n) is 3.79. The first-order valence-corrected chi connectivity index (χ1v) is 12.3. The van der Waals surface area contributed by atoms with E-state index in [4.69, 9.17) is 13.8 Å². The summed E-state index contributed by atoms with van der Waals surface area (Å²) >= 11 is 3.47. The third kappa shape index (κ3) is 4.71. The highest BCUT2D eigenvalue weighted by Crippen LogP contribution is 2.48. The highest BCUT2D eigenvalue weighted by atomic mass is 79.9. The second-order valence-corrected chi connectivity index (χ2v) is 10.0. The molecule has 1 saturated carbocycles. The van der Waals surface area contributed by atoms with Crippen LogP contribution in [-0.2, 0) is 18.9 Å². The zero-order valence-corrected chi connectivity index (χ0v) is 19.2. The molecule has 4 nitrogen and oxygen atoms in total. The molecule has 0 spiro atoms. The zero-order valence-electron chi connectivity index (χ0n) is 16.7. The lowest BCUT2D eigenvalue weighted by atomic mass is 10.0. The van der Waals surface area contributed by atoms with Crippen LogP contribution in [0.4, 0.5) is 0 Å². The Kier molecular flexibility index (Phi) is 7.38. The van der Waals surface area contributed by atoms with Gasteiger partial charge < -0.3 is 13.8 Å². The Labute approximate surface area is 176 Å². The van der Waals surface area contributed by atoms with Crippen molar-refractivity contribution in [1.82, 2.24) is 0 Å². The Morgan fingerprint density at radius 2 is 1.64 bits per heavy atom. The van der Waals surface area contributed by atoms with Crippen LogP contribution < -0.4 is 10.0 Å². The minimum atomic E-state index is -3.45. The van der Waals surface area contributed by atoms with Gasteiger partial charge in [-0.15, -0.1) is 0 Å². The van der Waals surface area contributed by atoms with E-state index in [9.17, 15) is 4.57 Å². The van der Waals surface area contributed by atoms with Crippen molar-refractivity contribution in [1.29, 1.82) is 0 Å². The number of rotatable bonds is 8. The van der Waals surface area contributed by atoms with Gasteiger partial charge in [0.15, 0.2) is 0 Å². The van der Waals surface area contributed by atoms with Crippen LogP contribution >= 0.6 is 23.5 Å². The van der Waals surface area contributed by atoms with Crippen LogP contribution in [-0.4, -0.2) is 20.3 Å². The van der Waals surface area contributed by atoms with Crippen molar-refractivity contribution in [2.24, 2.45) is 5.92 Å². The van der Waals surface area contributed by atoms with Gasteiger partial charge in [0.25, 0.3) is 0 Å². The Balaban J connectivity index is 1.97. The van der Waals surface area contributed by atoms with Gasteiger partial charge in [0.05, 0.1) is 6.10 Å². The Hall–Kier alpha value is -1.13. The normalized spacial score (nSPS) is 16.3. The molecular weight excluding hydrogens is 439 g/mol. The molecule has 0 N–H and O–H groups in total. The van der Waals surface area contributed by atoms with Gasteiger partial charge >= 0.3 is 7.60 Å².